The van der Waals surface area contributed by atoms with Crippen molar-refractivity contribution < 1.29 is 4.39 Å². The van der Waals surface area contributed by atoms with E-state index in [1.165, 1.54) is 18.9 Å². The number of hydrogen-bond acceptors (Lipinski definition) is 1. The fourth-order valence-corrected chi connectivity index (χ4v) is 3.04. The summed E-state index contributed by atoms with van der Waals surface area (Å²) in [5.74, 6) is 1.17. The second-order valence-corrected chi connectivity index (χ2v) is 5.77. The smallest absolute Gasteiger partial charge is 0.129 e. The molecule has 1 saturated heterocycles. The highest BCUT2D eigenvalue weighted by Crippen LogP contribution is 2.23. The molecule has 0 amide bonds. The van der Waals surface area contributed by atoms with Gasteiger partial charge in [-0.05, 0) is 43.9 Å². The fourth-order valence-electron chi connectivity index (χ4n) is 2.58. The molecule has 0 spiro atoms. The van der Waals surface area contributed by atoms with E-state index >= 15 is 0 Å². The van der Waals surface area contributed by atoms with Gasteiger partial charge in [-0.15, -0.1) is 11.6 Å². The minimum atomic E-state index is -0.207. The molecule has 0 saturated carbocycles. The second kappa shape index (κ2) is 6.74. The molecule has 1 aliphatic heterocycles. The first-order valence-electron chi connectivity index (χ1n) is 6.41. The van der Waals surface area contributed by atoms with Gasteiger partial charge in [0.1, 0.15) is 5.82 Å². The summed E-state index contributed by atoms with van der Waals surface area (Å²) in [4.78, 5) is 2.31. The molecule has 1 atom stereocenters. The van der Waals surface area contributed by atoms with Crippen molar-refractivity contribution >= 4 is 23.2 Å². The normalized spacial score (nSPS) is 21.2. The molecule has 1 heterocycles. The Morgan fingerprint density at radius 3 is 2.94 bits per heavy atom. The van der Waals surface area contributed by atoms with Gasteiger partial charge in [-0.25, -0.2) is 4.39 Å². The molecule has 100 valence electrons. The zero-order chi connectivity index (χ0) is 13.0. The fraction of sp³-hybridized carbons (Fsp3) is 0.571. The lowest BCUT2D eigenvalue weighted by Gasteiger charge is -2.32. The quantitative estimate of drug-likeness (QED) is 0.746. The summed E-state index contributed by atoms with van der Waals surface area (Å²) in [7, 11) is 0. The predicted molar refractivity (Wildman–Crippen MR) is 74.7 cm³/mol. The van der Waals surface area contributed by atoms with Crippen molar-refractivity contribution in [1.82, 2.24) is 4.90 Å². The lowest BCUT2D eigenvalue weighted by molar-refractivity contribution is 0.163. The van der Waals surface area contributed by atoms with Crippen molar-refractivity contribution in [2.45, 2.75) is 25.8 Å². The first-order chi connectivity index (χ1) is 8.69. The van der Waals surface area contributed by atoms with Crippen molar-refractivity contribution in [3.05, 3.63) is 34.6 Å². The van der Waals surface area contributed by atoms with Gasteiger partial charge < -0.3 is 0 Å². The standard InChI is InChI=1S/C14H18Cl2FN/c15-6-5-11-2-1-7-18(9-11)10-12-3-4-13(16)8-14(12)17/h3-4,8,11H,1-2,5-7,9-10H2. The summed E-state index contributed by atoms with van der Waals surface area (Å²) in [6.45, 7) is 2.73. The number of likely N-dealkylation sites (tertiary alicyclic amines) is 1. The van der Waals surface area contributed by atoms with Gasteiger partial charge in [-0.2, -0.15) is 0 Å². The van der Waals surface area contributed by atoms with Crippen LogP contribution < -0.4 is 0 Å². The summed E-state index contributed by atoms with van der Waals surface area (Å²) >= 11 is 11.5. The molecule has 1 fully saturated rings. The SMILES string of the molecule is Fc1cc(Cl)ccc1CN1CCCC(CCCl)C1. The van der Waals surface area contributed by atoms with Crippen LogP contribution in [0.2, 0.25) is 5.02 Å². The Bertz CT molecular complexity index is 395. The Kier molecular flexibility index (Phi) is 5.28. The summed E-state index contributed by atoms with van der Waals surface area (Å²) < 4.78 is 13.7. The minimum Gasteiger partial charge on any atom is -0.299 e. The third-order valence-corrected chi connectivity index (χ3v) is 3.98. The van der Waals surface area contributed by atoms with E-state index in [-0.39, 0.29) is 5.82 Å². The molecular formula is C14H18Cl2FN. The molecular weight excluding hydrogens is 272 g/mol. The van der Waals surface area contributed by atoms with Crippen molar-refractivity contribution in [3.63, 3.8) is 0 Å². The van der Waals surface area contributed by atoms with Crippen LogP contribution in [0, 0.1) is 11.7 Å². The lowest BCUT2D eigenvalue weighted by Crippen LogP contribution is -2.35. The Balaban J connectivity index is 1.96. The Morgan fingerprint density at radius 1 is 1.39 bits per heavy atom. The first-order valence-corrected chi connectivity index (χ1v) is 7.32. The molecule has 1 aromatic carbocycles. The molecule has 0 aromatic heterocycles. The maximum atomic E-state index is 13.7. The zero-order valence-corrected chi connectivity index (χ0v) is 11.9. The van der Waals surface area contributed by atoms with Gasteiger partial charge in [0.15, 0.2) is 0 Å². The topological polar surface area (TPSA) is 3.24 Å². The van der Waals surface area contributed by atoms with Crippen LogP contribution in [0.3, 0.4) is 0 Å². The number of rotatable bonds is 4. The Morgan fingerprint density at radius 2 is 2.22 bits per heavy atom. The molecule has 18 heavy (non-hydrogen) atoms. The maximum absolute atomic E-state index is 13.7. The van der Waals surface area contributed by atoms with Crippen molar-refractivity contribution in [2.75, 3.05) is 19.0 Å². The molecule has 4 heteroatoms. The van der Waals surface area contributed by atoms with Crippen LogP contribution in [0.1, 0.15) is 24.8 Å². The van der Waals surface area contributed by atoms with Gasteiger partial charge in [0.25, 0.3) is 0 Å². The average Bonchev–Trinajstić information content (AvgIpc) is 2.34. The van der Waals surface area contributed by atoms with E-state index in [1.54, 1.807) is 12.1 Å². The van der Waals surface area contributed by atoms with E-state index in [1.807, 2.05) is 0 Å². The maximum Gasteiger partial charge on any atom is 0.129 e. The van der Waals surface area contributed by atoms with Gasteiger partial charge in [-0.1, -0.05) is 17.7 Å². The Labute approximate surface area is 118 Å². The van der Waals surface area contributed by atoms with Crippen molar-refractivity contribution in [1.29, 1.82) is 0 Å². The van der Waals surface area contributed by atoms with E-state index in [4.69, 9.17) is 23.2 Å². The number of piperidine rings is 1. The van der Waals surface area contributed by atoms with Gasteiger partial charge in [-0.3, -0.25) is 4.90 Å². The van der Waals surface area contributed by atoms with E-state index < -0.39 is 0 Å². The van der Waals surface area contributed by atoms with Gasteiger partial charge in [0.05, 0.1) is 0 Å². The lowest BCUT2D eigenvalue weighted by atomic mass is 9.95. The molecule has 0 N–H and O–H groups in total. The number of benzene rings is 1. The third-order valence-electron chi connectivity index (χ3n) is 3.53. The molecule has 1 aliphatic rings. The zero-order valence-electron chi connectivity index (χ0n) is 10.3. The average molecular weight is 290 g/mol. The molecule has 2 rings (SSSR count). The van der Waals surface area contributed by atoms with Crippen LogP contribution in [-0.4, -0.2) is 23.9 Å². The Hall–Kier alpha value is -0.310. The van der Waals surface area contributed by atoms with Crippen LogP contribution in [0.5, 0.6) is 0 Å². The van der Waals surface area contributed by atoms with Crippen LogP contribution in [0.4, 0.5) is 4.39 Å². The number of hydrogen-bond donors (Lipinski definition) is 0. The third kappa shape index (κ3) is 3.84. The molecule has 0 bridgehead atoms. The van der Waals surface area contributed by atoms with E-state index in [0.29, 0.717) is 23.4 Å². The highest BCUT2D eigenvalue weighted by atomic mass is 35.5. The van der Waals surface area contributed by atoms with E-state index in [2.05, 4.69) is 4.90 Å². The van der Waals surface area contributed by atoms with Gasteiger partial charge in [0, 0.05) is 29.6 Å². The van der Waals surface area contributed by atoms with Crippen LogP contribution in [0.15, 0.2) is 18.2 Å². The molecule has 0 radical (unpaired) electrons. The second-order valence-electron chi connectivity index (χ2n) is 4.96. The number of nitrogens with zero attached hydrogens (tertiary/aromatic N) is 1. The van der Waals surface area contributed by atoms with Crippen molar-refractivity contribution in [2.24, 2.45) is 5.92 Å². The minimum absolute atomic E-state index is 0.207. The summed E-state index contributed by atoms with van der Waals surface area (Å²) in [5.41, 5.74) is 0.728. The van der Waals surface area contributed by atoms with Crippen molar-refractivity contribution in [3.8, 4) is 0 Å². The predicted octanol–water partition coefficient (Wildman–Crippen LogP) is 4.32. The largest absolute Gasteiger partial charge is 0.299 e. The highest BCUT2D eigenvalue weighted by Gasteiger charge is 2.20. The molecule has 0 aliphatic carbocycles. The highest BCUT2D eigenvalue weighted by molar-refractivity contribution is 6.30. The summed E-state index contributed by atoms with van der Waals surface area (Å²) in [5, 5.41) is 0.454. The molecule has 1 aromatic rings. The number of alkyl halides is 1. The van der Waals surface area contributed by atoms with Crippen LogP contribution >= 0.6 is 23.2 Å². The first kappa shape index (κ1) is 14.1. The van der Waals surface area contributed by atoms with Gasteiger partial charge in [0.2, 0.25) is 0 Å². The van der Waals surface area contributed by atoms with Gasteiger partial charge >= 0.3 is 0 Å². The summed E-state index contributed by atoms with van der Waals surface area (Å²) in [6, 6.07) is 4.92. The van der Waals surface area contributed by atoms with Crippen LogP contribution in [0.25, 0.3) is 0 Å². The summed E-state index contributed by atoms with van der Waals surface area (Å²) in [6.07, 6.45) is 3.48. The van der Waals surface area contributed by atoms with E-state index in [9.17, 15) is 4.39 Å². The molecule has 1 nitrogen and oxygen atoms in total. The van der Waals surface area contributed by atoms with E-state index in [0.717, 1.165) is 25.1 Å². The molecule has 1 unspecified atom stereocenters. The van der Waals surface area contributed by atoms with Crippen LogP contribution in [-0.2, 0) is 6.54 Å². The number of halogens is 3. The monoisotopic (exact) mass is 289 g/mol.